The summed E-state index contributed by atoms with van der Waals surface area (Å²) in [5, 5.41) is 0. The lowest BCUT2D eigenvalue weighted by molar-refractivity contribution is 0.142. The van der Waals surface area contributed by atoms with E-state index in [0.29, 0.717) is 0 Å². The van der Waals surface area contributed by atoms with Gasteiger partial charge in [-0.3, -0.25) is 0 Å². The van der Waals surface area contributed by atoms with Crippen LogP contribution in [0.15, 0.2) is 0 Å². The molecule has 0 aromatic rings. The number of nitrogens with zero attached hydrogens (tertiary/aromatic N) is 4. The Hall–Kier alpha value is -0.160. The fourth-order valence-electron chi connectivity index (χ4n) is 4.45. The average Bonchev–Trinajstić information content (AvgIpc) is 2.47. The van der Waals surface area contributed by atoms with E-state index >= 15 is 0 Å². The van der Waals surface area contributed by atoms with Gasteiger partial charge in [0.1, 0.15) is 0 Å². The number of hydrogen-bond donors (Lipinski definition) is 0. The van der Waals surface area contributed by atoms with Gasteiger partial charge in [0.05, 0.1) is 0 Å². The van der Waals surface area contributed by atoms with Gasteiger partial charge in [0.25, 0.3) is 0 Å². The van der Waals surface area contributed by atoms with E-state index in [4.69, 9.17) is 0 Å². The van der Waals surface area contributed by atoms with E-state index in [9.17, 15) is 0 Å². The van der Waals surface area contributed by atoms with E-state index in [1.807, 2.05) is 0 Å². The van der Waals surface area contributed by atoms with E-state index < -0.39 is 0 Å². The molecule has 0 aromatic carbocycles. The Kier molecular flexibility index (Phi) is 6.99. The molecule has 4 rings (SSSR count). The summed E-state index contributed by atoms with van der Waals surface area (Å²) in [5.41, 5.74) is 0. The van der Waals surface area contributed by atoms with Crippen LogP contribution in [0.4, 0.5) is 0 Å². The van der Waals surface area contributed by atoms with Gasteiger partial charge in [0.15, 0.2) is 0 Å². The standard InChI is InChI=1S/C18H36N4/c1-7-19-9-2-13-21-14-4-11-20(8-1)12-5-16-22(15-3-10-19)18-6-17-21/h1-18H2. The van der Waals surface area contributed by atoms with E-state index in [1.54, 1.807) is 0 Å². The Morgan fingerprint density at radius 1 is 0.227 bits per heavy atom. The fourth-order valence-corrected chi connectivity index (χ4v) is 4.45. The van der Waals surface area contributed by atoms with Crippen LogP contribution in [-0.2, 0) is 0 Å². The van der Waals surface area contributed by atoms with Crippen molar-refractivity contribution >= 4 is 0 Å². The minimum absolute atomic E-state index is 1.32. The first kappa shape index (κ1) is 16.7. The quantitative estimate of drug-likeness (QED) is 0.673. The van der Waals surface area contributed by atoms with Crippen LogP contribution in [0.3, 0.4) is 0 Å². The molecule has 0 amide bonds. The van der Waals surface area contributed by atoms with Gasteiger partial charge in [-0.1, -0.05) is 0 Å². The summed E-state index contributed by atoms with van der Waals surface area (Å²) in [4.78, 5) is 11.0. The van der Waals surface area contributed by atoms with Gasteiger partial charge in [0, 0.05) is 0 Å². The normalized spacial score (nSPS) is 39.3. The van der Waals surface area contributed by atoms with Crippen molar-refractivity contribution in [3.63, 3.8) is 0 Å². The number of fused-ring (bicyclic) bond motifs is 12. The Balaban J connectivity index is 1.73. The van der Waals surface area contributed by atoms with Gasteiger partial charge in [-0.25, -0.2) is 0 Å². The van der Waals surface area contributed by atoms with Gasteiger partial charge in [-0.2, -0.15) is 0 Å². The van der Waals surface area contributed by atoms with Crippen molar-refractivity contribution in [1.29, 1.82) is 0 Å². The third-order valence-electron chi connectivity index (χ3n) is 5.69. The van der Waals surface area contributed by atoms with E-state index in [1.165, 1.54) is 117 Å². The second-order valence-corrected chi connectivity index (χ2v) is 7.49. The van der Waals surface area contributed by atoms with Crippen LogP contribution in [-0.4, -0.2) is 98.1 Å². The van der Waals surface area contributed by atoms with E-state index in [2.05, 4.69) is 19.6 Å². The molecule has 0 aromatic heterocycles. The molecular formula is C18H36N4. The zero-order chi connectivity index (χ0) is 15.0. The molecule has 0 N–H and O–H groups in total. The molecule has 0 unspecified atom stereocenters. The van der Waals surface area contributed by atoms with Crippen molar-refractivity contribution in [2.75, 3.05) is 78.5 Å². The SMILES string of the molecule is C1CN2CCCN3CCCN(C1)CCCN(CCC2)CCC3. The molecule has 4 heteroatoms. The smallest absolute Gasteiger partial charge is 0.000653 e. The minimum Gasteiger partial charge on any atom is -0.303 e. The highest BCUT2D eigenvalue weighted by atomic mass is 15.2. The van der Waals surface area contributed by atoms with Crippen LogP contribution in [0, 0.1) is 0 Å². The highest BCUT2D eigenvalue weighted by Gasteiger charge is 2.16. The van der Waals surface area contributed by atoms with Crippen LogP contribution < -0.4 is 0 Å². The minimum atomic E-state index is 1.32. The van der Waals surface area contributed by atoms with Crippen molar-refractivity contribution in [2.24, 2.45) is 0 Å². The molecule has 22 heavy (non-hydrogen) atoms. The highest BCUT2D eigenvalue weighted by molar-refractivity contribution is 4.73. The summed E-state index contributed by atoms with van der Waals surface area (Å²) in [6.07, 6.45) is 8.21. The van der Waals surface area contributed by atoms with Crippen molar-refractivity contribution in [3.8, 4) is 0 Å². The molecule has 0 spiro atoms. The molecule has 0 radical (unpaired) electrons. The third-order valence-corrected chi connectivity index (χ3v) is 5.69. The second-order valence-electron chi connectivity index (χ2n) is 7.49. The van der Waals surface area contributed by atoms with Crippen LogP contribution in [0.25, 0.3) is 0 Å². The second kappa shape index (κ2) is 9.21. The lowest BCUT2D eigenvalue weighted by Crippen LogP contribution is -2.41. The molecule has 4 aliphatic heterocycles. The van der Waals surface area contributed by atoms with Gasteiger partial charge < -0.3 is 19.6 Å². The van der Waals surface area contributed by atoms with Gasteiger partial charge >= 0.3 is 0 Å². The van der Waals surface area contributed by atoms with Crippen LogP contribution in [0.5, 0.6) is 0 Å². The number of rotatable bonds is 0. The summed E-state index contributed by atoms with van der Waals surface area (Å²) in [6.45, 7) is 15.8. The summed E-state index contributed by atoms with van der Waals surface area (Å²) < 4.78 is 0. The van der Waals surface area contributed by atoms with Gasteiger partial charge in [0.2, 0.25) is 0 Å². The summed E-state index contributed by atoms with van der Waals surface area (Å²) >= 11 is 0. The van der Waals surface area contributed by atoms with Crippen molar-refractivity contribution < 1.29 is 0 Å². The van der Waals surface area contributed by atoms with Crippen LogP contribution in [0.2, 0.25) is 0 Å². The topological polar surface area (TPSA) is 13.0 Å². The molecule has 0 aliphatic carbocycles. The highest BCUT2D eigenvalue weighted by Crippen LogP contribution is 2.10. The number of hydrogen-bond acceptors (Lipinski definition) is 4. The maximum atomic E-state index is 2.75. The van der Waals surface area contributed by atoms with Crippen LogP contribution >= 0.6 is 0 Å². The van der Waals surface area contributed by atoms with Gasteiger partial charge in [-0.15, -0.1) is 0 Å². The summed E-state index contributed by atoms with van der Waals surface area (Å²) in [6, 6.07) is 0. The summed E-state index contributed by atoms with van der Waals surface area (Å²) in [7, 11) is 0. The molecule has 4 heterocycles. The first-order chi connectivity index (χ1) is 10.9. The molecule has 4 fully saturated rings. The van der Waals surface area contributed by atoms with Crippen LogP contribution in [0.1, 0.15) is 38.5 Å². The molecule has 4 saturated heterocycles. The Morgan fingerprint density at radius 3 is 0.500 bits per heavy atom. The zero-order valence-corrected chi connectivity index (χ0v) is 14.5. The maximum absolute atomic E-state index is 2.75. The molecule has 128 valence electrons. The predicted octanol–water partition coefficient (Wildman–Crippen LogP) is 1.58. The average molecular weight is 309 g/mol. The van der Waals surface area contributed by atoms with Gasteiger partial charge in [-0.05, 0) is 117 Å². The van der Waals surface area contributed by atoms with E-state index in [0.717, 1.165) is 0 Å². The Morgan fingerprint density at radius 2 is 0.364 bits per heavy atom. The molecule has 0 saturated carbocycles. The molecule has 4 nitrogen and oxygen atoms in total. The lowest BCUT2D eigenvalue weighted by Gasteiger charge is -2.34. The Bertz CT molecular complexity index is 208. The first-order valence-electron chi connectivity index (χ1n) is 9.79. The van der Waals surface area contributed by atoms with E-state index in [-0.39, 0.29) is 0 Å². The monoisotopic (exact) mass is 308 g/mol. The molecule has 4 aliphatic rings. The lowest BCUT2D eigenvalue weighted by atomic mass is 10.2. The zero-order valence-electron chi connectivity index (χ0n) is 14.5. The largest absolute Gasteiger partial charge is 0.303 e. The fraction of sp³-hybridized carbons (Fsp3) is 1.00. The molecule has 0 atom stereocenters. The predicted molar refractivity (Wildman–Crippen MR) is 93.5 cm³/mol. The molecule has 4 bridgehead atoms. The Labute approximate surface area is 137 Å². The van der Waals surface area contributed by atoms with Crippen molar-refractivity contribution in [1.82, 2.24) is 19.6 Å². The first-order valence-corrected chi connectivity index (χ1v) is 9.79. The molecular weight excluding hydrogens is 272 g/mol. The third kappa shape index (κ3) is 5.48. The summed E-state index contributed by atoms with van der Waals surface area (Å²) in [5.74, 6) is 0. The van der Waals surface area contributed by atoms with Crippen molar-refractivity contribution in [3.05, 3.63) is 0 Å². The maximum Gasteiger partial charge on any atom is -0.000653 e. The van der Waals surface area contributed by atoms with Crippen molar-refractivity contribution in [2.45, 2.75) is 38.5 Å².